The first-order valence-corrected chi connectivity index (χ1v) is 5.98. The molecule has 0 fully saturated rings. The smallest absolute Gasteiger partial charge is 0.358 e. The fourth-order valence-corrected chi connectivity index (χ4v) is 2.28. The maximum absolute atomic E-state index is 10.9. The fourth-order valence-electron chi connectivity index (χ4n) is 1.86. The van der Waals surface area contributed by atoms with Crippen molar-refractivity contribution in [2.24, 2.45) is 0 Å². The molecule has 0 unspecified atom stereocenters. The number of nitrogens with zero attached hydrogens (tertiary/aromatic N) is 1. The summed E-state index contributed by atoms with van der Waals surface area (Å²) < 4.78 is 15.5. The Kier molecular flexibility index (Phi) is 3.85. The number of carbonyl (C=O) groups is 1. The summed E-state index contributed by atoms with van der Waals surface area (Å²) in [5, 5.41) is 12.6. The molecule has 0 radical (unpaired) electrons. The standard InChI is InChI=1S/C13H12ClNO5/c1-6-4-8(18-2)10(11(14)12(6)19-3)9-5-7(13(16)17)15-20-9/h4-5H,1-3H3,(H,16,17). The molecule has 0 saturated heterocycles. The summed E-state index contributed by atoms with van der Waals surface area (Å²) in [7, 11) is 2.98. The third-order valence-electron chi connectivity index (χ3n) is 2.77. The lowest BCUT2D eigenvalue weighted by Crippen LogP contribution is -1.96. The minimum Gasteiger partial charge on any atom is -0.496 e. The summed E-state index contributed by atoms with van der Waals surface area (Å²) in [6.45, 7) is 1.82. The lowest BCUT2D eigenvalue weighted by atomic mass is 10.1. The van der Waals surface area contributed by atoms with E-state index in [1.54, 1.807) is 6.07 Å². The predicted octanol–water partition coefficient (Wildman–Crippen LogP) is 3.02. The van der Waals surface area contributed by atoms with E-state index in [1.807, 2.05) is 6.92 Å². The maximum atomic E-state index is 10.9. The quantitative estimate of drug-likeness (QED) is 0.934. The second-order valence-electron chi connectivity index (χ2n) is 4.00. The van der Waals surface area contributed by atoms with E-state index in [9.17, 15) is 4.79 Å². The molecule has 1 N–H and O–H groups in total. The zero-order chi connectivity index (χ0) is 14.9. The van der Waals surface area contributed by atoms with E-state index in [-0.39, 0.29) is 16.5 Å². The molecule has 0 saturated carbocycles. The topological polar surface area (TPSA) is 81.8 Å². The van der Waals surface area contributed by atoms with Crippen LogP contribution in [0.3, 0.4) is 0 Å². The van der Waals surface area contributed by atoms with Gasteiger partial charge in [0.2, 0.25) is 0 Å². The molecule has 0 amide bonds. The van der Waals surface area contributed by atoms with Gasteiger partial charge in [0.25, 0.3) is 0 Å². The number of aryl methyl sites for hydroxylation is 1. The molecule has 1 heterocycles. The minimum absolute atomic E-state index is 0.197. The van der Waals surface area contributed by atoms with Gasteiger partial charge in [-0.05, 0) is 18.6 Å². The first kappa shape index (κ1) is 14.2. The Hall–Kier alpha value is -2.21. The van der Waals surface area contributed by atoms with Gasteiger partial charge in [0.15, 0.2) is 11.5 Å². The van der Waals surface area contributed by atoms with Crippen molar-refractivity contribution in [3.8, 4) is 22.8 Å². The van der Waals surface area contributed by atoms with E-state index in [4.69, 9.17) is 30.7 Å². The van der Waals surface area contributed by atoms with E-state index in [2.05, 4.69) is 5.16 Å². The van der Waals surface area contributed by atoms with Crippen LogP contribution < -0.4 is 9.47 Å². The van der Waals surface area contributed by atoms with Crippen LogP contribution in [0.5, 0.6) is 11.5 Å². The number of benzene rings is 1. The molecular weight excluding hydrogens is 286 g/mol. The van der Waals surface area contributed by atoms with Gasteiger partial charge < -0.3 is 19.1 Å². The summed E-state index contributed by atoms with van der Waals surface area (Å²) in [4.78, 5) is 10.9. The normalized spacial score (nSPS) is 10.4. The van der Waals surface area contributed by atoms with Gasteiger partial charge in [-0.15, -0.1) is 0 Å². The van der Waals surface area contributed by atoms with E-state index >= 15 is 0 Å². The highest BCUT2D eigenvalue weighted by Gasteiger charge is 2.22. The molecule has 2 rings (SSSR count). The lowest BCUT2D eigenvalue weighted by Gasteiger charge is -2.13. The molecule has 0 aliphatic rings. The number of hydrogen-bond acceptors (Lipinski definition) is 5. The van der Waals surface area contributed by atoms with Crippen LogP contribution >= 0.6 is 11.6 Å². The zero-order valence-electron chi connectivity index (χ0n) is 11.1. The number of hydrogen-bond donors (Lipinski definition) is 1. The predicted molar refractivity (Wildman–Crippen MR) is 71.7 cm³/mol. The van der Waals surface area contributed by atoms with Gasteiger partial charge >= 0.3 is 5.97 Å². The van der Waals surface area contributed by atoms with Gasteiger partial charge in [0.1, 0.15) is 11.5 Å². The highest BCUT2D eigenvalue weighted by Crippen LogP contribution is 2.44. The van der Waals surface area contributed by atoms with Crippen molar-refractivity contribution < 1.29 is 23.9 Å². The van der Waals surface area contributed by atoms with Gasteiger partial charge in [-0.1, -0.05) is 16.8 Å². The number of ether oxygens (including phenoxy) is 2. The highest BCUT2D eigenvalue weighted by atomic mass is 35.5. The summed E-state index contributed by atoms with van der Waals surface area (Å²) in [5.41, 5.74) is 0.977. The third-order valence-corrected chi connectivity index (χ3v) is 3.13. The van der Waals surface area contributed by atoms with E-state index in [0.29, 0.717) is 17.1 Å². The summed E-state index contributed by atoms with van der Waals surface area (Å²) >= 11 is 6.28. The van der Waals surface area contributed by atoms with Crippen molar-refractivity contribution in [3.05, 3.63) is 28.4 Å². The van der Waals surface area contributed by atoms with Crippen molar-refractivity contribution in [2.75, 3.05) is 14.2 Å². The number of halogens is 1. The van der Waals surface area contributed by atoms with E-state index < -0.39 is 5.97 Å². The first-order valence-electron chi connectivity index (χ1n) is 5.61. The van der Waals surface area contributed by atoms with E-state index in [1.165, 1.54) is 20.3 Å². The van der Waals surface area contributed by atoms with Crippen molar-refractivity contribution in [1.29, 1.82) is 0 Å². The van der Waals surface area contributed by atoms with Crippen LogP contribution in [0.4, 0.5) is 0 Å². The molecule has 0 spiro atoms. The van der Waals surface area contributed by atoms with Gasteiger partial charge in [0.05, 0.1) is 24.8 Å². The monoisotopic (exact) mass is 297 g/mol. The summed E-state index contributed by atoms with van der Waals surface area (Å²) in [6, 6.07) is 3.00. The van der Waals surface area contributed by atoms with Crippen molar-refractivity contribution in [2.45, 2.75) is 6.92 Å². The third kappa shape index (κ3) is 2.30. The van der Waals surface area contributed by atoms with Crippen LogP contribution in [-0.2, 0) is 0 Å². The molecule has 7 heteroatoms. The molecule has 0 aliphatic carbocycles. The van der Waals surface area contributed by atoms with Gasteiger partial charge in [-0.25, -0.2) is 4.79 Å². The molecule has 6 nitrogen and oxygen atoms in total. The molecule has 106 valence electrons. The fraction of sp³-hybridized carbons (Fsp3) is 0.231. The van der Waals surface area contributed by atoms with Crippen LogP contribution in [-0.4, -0.2) is 30.5 Å². The van der Waals surface area contributed by atoms with Crippen LogP contribution in [0.1, 0.15) is 16.1 Å². The number of carboxylic acids is 1. The average molecular weight is 298 g/mol. The van der Waals surface area contributed by atoms with Crippen LogP contribution in [0.15, 0.2) is 16.7 Å². The number of aromatic carboxylic acids is 1. The molecule has 2 aromatic rings. The van der Waals surface area contributed by atoms with Crippen molar-refractivity contribution in [1.82, 2.24) is 5.16 Å². The van der Waals surface area contributed by atoms with Crippen LogP contribution in [0, 0.1) is 6.92 Å². The number of aromatic nitrogens is 1. The summed E-state index contributed by atoms with van der Waals surface area (Å²) in [6.07, 6.45) is 0. The average Bonchev–Trinajstić information content (AvgIpc) is 2.87. The van der Waals surface area contributed by atoms with Gasteiger partial charge in [0, 0.05) is 6.07 Å². The zero-order valence-corrected chi connectivity index (χ0v) is 11.8. The minimum atomic E-state index is -1.19. The van der Waals surface area contributed by atoms with Crippen molar-refractivity contribution in [3.63, 3.8) is 0 Å². The van der Waals surface area contributed by atoms with E-state index in [0.717, 1.165) is 5.56 Å². The Labute approximate surface area is 119 Å². The number of rotatable bonds is 4. The molecule has 20 heavy (non-hydrogen) atoms. The number of methoxy groups -OCH3 is 2. The Morgan fingerprint density at radius 1 is 1.35 bits per heavy atom. The maximum Gasteiger partial charge on any atom is 0.358 e. The highest BCUT2D eigenvalue weighted by molar-refractivity contribution is 6.35. The molecular formula is C13H12ClNO5. The molecule has 1 aromatic heterocycles. The molecule has 1 aromatic carbocycles. The van der Waals surface area contributed by atoms with Crippen molar-refractivity contribution >= 4 is 17.6 Å². The Bertz CT molecular complexity index is 665. The van der Waals surface area contributed by atoms with Crippen LogP contribution in [0.25, 0.3) is 11.3 Å². The summed E-state index contributed by atoms with van der Waals surface area (Å²) in [5.74, 6) is -0.0751. The number of carboxylic acid groups (broad SMARTS) is 1. The second-order valence-corrected chi connectivity index (χ2v) is 4.38. The lowest BCUT2D eigenvalue weighted by molar-refractivity contribution is 0.0686. The van der Waals surface area contributed by atoms with Gasteiger partial charge in [-0.3, -0.25) is 0 Å². The Balaban J connectivity index is 2.67. The first-order chi connectivity index (χ1) is 9.49. The van der Waals surface area contributed by atoms with Crippen LogP contribution in [0.2, 0.25) is 5.02 Å². The molecule has 0 bridgehead atoms. The van der Waals surface area contributed by atoms with Gasteiger partial charge in [-0.2, -0.15) is 0 Å². The Morgan fingerprint density at radius 2 is 2.05 bits per heavy atom. The molecule has 0 aliphatic heterocycles. The second kappa shape index (κ2) is 5.42. The molecule has 0 atom stereocenters. The largest absolute Gasteiger partial charge is 0.496 e. The Morgan fingerprint density at radius 3 is 2.55 bits per heavy atom. The SMILES string of the molecule is COc1cc(C)c(OC)c(Cl)c1-c1cc(C(=O)O)no1.